The van der Waals surface area contributed by atoms with Gasteiger partial charge >= 0.3 is 0 Å². The third kappa shape index (κ3) is 2.68. The van der Waals surface area contributed by atoms with Gasteiger partial charge in [0.2, 0.25) is 0 Å². The standard InChI is InChI=1S/C14H20O/c1-5-7-13(15)14-11(4)8-6-9-12(14)10(2)3/h5-7,9-11H,8H2,1-4H3/b7-5+. The van der Waals surface area contributed by atoms with Crippen LogP contribution in [0.4, 0.5) is 0 Å². The summed E-state index contributed by atoms with van der Waals surface area (Å²) in [7, 11) is 0. The normalized spacial score (nSPS) is 21.8. The summed E-state index contributed by atoms with van der Waals surface area (Å²) in [6, 6.07) is 0. The van der Waals surface area contributed by atoms with Crippen molar-refractivity contribution >= 4 is 5.78 Å². The van der Waals surface area contributed by atoms with Gasteiger partial charge in [0.25, 0.3) is 0 Å². The number of carbonyl (C=O) groups is 1. The molecule has 0 bridgehead atoms. The Morgan fingerprint density at radius 3 is 2.73 bits per heavy atom. The molecule has 15 heavy (non-hydrogen) atoms. The van der Waals surface area contributed by atoms with E-state index in [0.29, 0.717) is 11.8 Å². The smallest absolute Gasteiger partial charge is 0.182 e. The summed E-state index contributed by atoms with van der Waals surface area (Å²) in [5.41, 5.74) is 2.21. The summed E-state index contributed by atoms with van der Waals surface area (Å²) in [4.78, 5) is 11.9. The molecule has 0 radical (unpaired) electrons. The lowest BCUT2D eigenvalue weighted by Gasteiger charge is -2.22. The van der Waals surface area contributed by atoms with Gasteiger partial charge in [-0.15, -0.1) is 0 Å². The van der Waals surface area contributed by atoms with Crippen LogP contribution in [0.15, 0.2) is 35.5 Å². The highest BCUT2D eigenvalue weighted by atomic mass is 16.1. The van der Waals surface area contributed by atoms with Crippen molar-refractivity contribution in [1.29, 1.82) is 0 Å². The van der Waals surface area contributed by atoms with E-state index in [4.69, 9.17) is 0 Å². The lowest BCUT2D eigenvalue weighted by molar-refractivity contribution is -0.111. The van der Waals surface area contributed by atoms with Crippen molar-refractivity contribution < 1.29 is 4.79 Å². The van der Waals surface area contributed by atoms with Gasteiger partial charge in [0, 0.05) is 5.57 Å². The lowest BCUT2D eigenvalue weighted by Crippen LogP contribution is -2.15. The molecular formula is C14H20O. The Morgan fingerprint density at radius 1 is 1.53 bits per heavy atom. The average molecular weight is 204 g/mol. The van der Waals surface area contributed by atoms with Gasteiger partial charge in [0.15, 0.2) is 5.78 Å². The molecule has 0 heterocycles. The fourth-order valence-corrected chi connectivity index (χ4v) is 2.02. The number of carbonyl (C=O) groups excluding carboxylic acids is 1. The molecule has 1 rings (SSSR count). The van der Waals surface area contributed by atoms with Crippen molar-refractivity contribution in [2.24, 2.45) is 11.8 Å². The van der Waals surface area contributed by atoms with E-state index in [1.165, 1.54) is 5.57 Å². The highest BCUT2D eigenvalue weighted by Crippen LogP contribution is 2.30. The maximum atomic E-state index is 11.9. The second-order valence-corrected chi connectivity index (χ2v) is 4.43. The fourth-order valence-electron chi connectivity index (χ4n) is 2.02. The Kier molecular flexibility index (Phi) is 4.07. The molecule has 0 saturated heterocycles. The molecule has 0 amide bonds. The van der Waals surface area contributed by atoms with Crippen LogP contribution in [0.1, 0.15) is 34.1 Å². The van der Waals surface area contributed by atoms with Crippen LogP contribution in [0, 0.1) is 11.8 Å². The van der Waals surface area contributed by atoms with Crippen molar-refractivity contribution in [3.8, 4) is 0 Å². The quantitative estimate of drug-likeness (QED) is 0.641. The molecule has 1 aliphatic carbocycles. The van der Waals surface area contributed by atoms with Gasteiger partial charge in [0.1, 0.15) is 0 Å². The first-order chi connectivity index (χ1) is 7.07. The molecular weight excluding hydrogens is 184 g/mol. The zero-order valence-corrected chi connectivity index (χ0v) is 10.1. The lowest BCUT2D eigenvalue weighted by atomic mass is 9.81. The summed E-state index contributed by atoms with van der Waals surface area (Å²) >= 11 is 0. The Labute approximate surface area is 92.6 Å². The molecule has 0 spiro atoms. The first-order valence-corrected chi connectivity index (χ1v) is 5.65. The minimum absolute atomic E-state index is 0.179. The minimum Gasteiger partial charge on any atom is -0.290 e. The maximum absolute atomic E-state index is 11.9. The van der Waals surface area contributed by atoms with Crippen LogP contribution in [0.5, 0.6) is 0 Å². The molecule has 0 aromatic carbocycles. The maximum Gasteiger partial charge on any atom is 0.182 e. The van der Waals surface area contributed by atoms with Crippen molar-refractivity contribution in [3.05, 3.63) is 35.5 Å². The second kappa shape index (κ2) is 5.11. The minimum atomic E-state index is 0.179. The van der Waals surface area contributed by atoms with E-state index in [1.807, 2.05) is 13.0 Å². The molecule has 1 nitrogen and oxygen atoms in total. The predicted molar refractivity (Wildman–Crippen MR) is 64.6 cm³/mol. The van der Waals surface area contributed by atoms with E-state index in [-0.39, 0.29) is 5.78 Å². The Bertz CT molecular complexity index is 329. The monoisotopic (exact) mass is 204 g/mol. The third-order valence-corrected chi connectivity index (χ3v) is 2.80. The van der Waals surface area contributed by atoms with Crippen LogP contribution in [-0.2, 0) is 4.79 Å². The largest absolute Gasteiger partial charge is 0.290 e. The molecule has 1 heteroatoms. The Morgan fingerprint density at radius 2 is 2.20 bits per heavy atom. The van der Waals surface area contributed by atoms with Gasteiger partial charge in [-0.25, -0.2) is 0 Å². The summed E-state index contributed by atoms with van der Waals surface area (Å²) in [5, 5.41) is 0. The highest BCUT2D eigenvalue weighted by molar-refractivity contribution is 6.05. The van der Waals surface area contributed by atoms with E-state index < -0.39 is 0 Å². The van der Waals surface area contributed by atoms with Gasteiger partial charge in [0.05, 0.1) is 0 Å². The molecule has 1 aliphatic rings. The number of hydrogen-bond donors (Lipinski definition) is 0. The summed E-state index contributed by atoms with van der Waals surface area (Å²) in [5.74, 6) is 0.961. The molecule has 0 N–H and O–H groups in total. The highest BCUT2D eigenvalue weighted by Gasteiger charge is 2.21. The topological polar surface area (TPSA) is 17.1 Å². The van der Waals surface area contributed by atoms with Gasteiger partial charge in [-0.1, -0.05) is 39.0 Å². The van der Waals surface area contributed by atoms with Crippen LogP contribution in [0.25, 0.3) is 0 Å². The van der Waals surface area contributed by atoms with Gasteiger partial charge in [-0.3, -0.25) is 4.79 Å². The van der Waals surface area contributed by atoms with E-state index in [9.17, 15) is 4.79 Å². The number of hydrogen-bond acceptors (Lipinski definition) is 1. The van der Waals surface area contributed by atoms with Crippen LogP contribution in [-0.4, -0.2) is 5.78 Å². The van der Waals surface area contributed by atoms with Crippen LogP contribution < -0.4 is 0 Å². The molecule has 0 saturated carbocycles. The summed E-state index contributed by atoms with van der Waals surface area (Å²) in [6.07, 6.45) is 8.76. The Balaban J connectivity index is 3.14. The molecule has 1 atom stereocenters. The van der Waals surface area contributed by atoms with E-state index in [1.54, 1.807) is 6.08 Å². The zero-order valence-electron chi connectivity index (χ0n) is 10.1. The van der Waals surface area contributed by atoms with Crippen molar-refractivity contribution in [1.82, 2.24) is 0 Å². The van der Waals surface area contributed by atoms with Crippen LogP contribution in [0.3, 0.4) is 0 Å². The van der Waals surface area contributed by atoms with Crippen LogP contribution >= 0.6 is 0 Å². The van der Waals surface area contributed by atoms with Crippen LogP contribution in [0.2, 0.25) is 0 Å². The van der Waals surface area contributed by atoms with E-state index >= 15 is 0 Å². The molecule has 0 fully saturated rings. The van der Waals surface area contributed by atoms with Gasteiger partial charge in [-0.2, -0.15) is 0 Å². The molecule has 82 valence electrons. The molecule has 0 aliphatic heterocycles. The summed E-state index contributed by atoms with van der Waals surface area (Å²) in [6.45, 7) is 8.29. The number of ketones is 1. The van der Waals surface area contributed by atoms with E-state index in [2.05, 4.69) is 32.9 Å². The predicted octanol–water partition coefficient (Wildman–Crippen LogP) is 3.68. The second-order valence-electron chi connectivity index (χ2n) is 4.43. The molecule has 0 aromatic rings. The molecule has 1 unspecified atom stereocenters. The van der Waals surface area contributed by atoms with Crippen molar-refractivity contribution in [2.75, 3.05) is 0 Å². The van der Waals surface area contributed by atoms with Crippen molar-refractivity contribution in [2.45, 2.75) is 34.1 Å². The first-order valence-electron chi connectivity index (χ1n) is 5.65. The average Bonchev–Trinajstić information content (AvgIpc) is 2.17. The summed E-state index contributed by atoms with van der Waals surface area (Å²) < 4.78 is 0. The number of rotatable bonds is 3. The van der Waals surface area contributed by atoms with E-state index in [0.717, 1.165) is 12.0 Å². The number of allylic oxidation sites excluding steroid dienone is 6. The SMILES string of the molecule is C/C=C/C(=O)C1=C(C(C)C)C=CCC1C. The first kappa shape index (κ1) is 12.0. The zero-order chi connectivity index (χ0) is 11.4. The fraction of sp³-hybridized carbons (Fsp3) is 0.500. The van der Waals surface area contributed by atoms with Gasteiger partial charge in [-0.05, 0) is 36.8 Å². The molecule has 0 aromatic heterocycles. The van der Waals surface area contributed by atoms with Crippen molar-refractivity contribution in [3.63, 3.8) is 0 Å². The third-order valence-electron chi connectivity index (χ3n) is 2.80. The van der Waals surface area contributed by atoms with Gasteiger partial charge < -0.3 is 0 Å². The Hall–Kier alpha value is -1.11.